The number of carbonyl (C=O) groups is 1. The van der Waals surface area contributed by atoms with Crippen molar-refractivity contribution >= 4 is 21.5 Å². The molecule has 2 aliphatic carbocycles. The van der Waals surface area contributed by atoms with E-state index in [0.717, 1.165) is 31.3 Å². The lowest BCUT2D eigenvalue weighted by Gasteiger charge is -2.60. The van der Waals surface area contributed by atoms with E-state index in [1.54, 1.807) is 0 Å². The fraction of sp³-hybridized carbons (Fsp3) is 0.654. The fourth-order valence-electron chi connectivity index (χ4n) is 7.26. The van der Waals surface area contributed by atoms with Crippen LogP contribution < -0.4 is 0 Å². The van der Waals surface area contributed by atoms with E-state index in [9.17, 15) is 28.4 Å². The minimum Gasteiger partial charge on any atom is -0.383 e. The largest absolute Gasteiger partial charge is 0.383 e. The number of nitro benzene ring substituents is 1. The minimum absolute atomic E-state index is 0.0472. The first-order valence-corrected chi connectivity index (χ1v) is 13.7. The second kappa shape index (κ2) is 8.21. The third-order valence-corrected chi connectivity index (χ3v) is 10.9. The van der Waals surface area contributed by atoms with Crippen LogP contribution in [0.5, 0.6) is 0 Å². The van der Waals surface area contributed by atoms with Crippen LogP contribution in [-0.2, 0) is 14.8 Å². The van der Waals surface area contributed by atoms with Gasteiger partial charge in [-0.1, -0.05) is 45.4 Å². The number of benzene rings is 1. The summed E-state index contributed by atoms with van der Waals surface area (Å²) in [5.41, 5.74) is -2.55. The first kappa shape index (κ1) is 26.0. The molecule has 1 aromatic rings. The van der Waals surface area contributed by atoms with E-state index in [1.165, 1.54) is 42.4 Å². The van der Waals surface area contributed by atoms with Crippen LogP contribution in [0.2, 0.25) is 0 Å². The highest BCUT2D eigenvalue weighted by molar-refractivity contribution is 7.89. The van der Waals surface area contributed by atoms with E-state index in [-0.39, 0.29) is 28.7 Å². The monoisotopic (exact) mass is 504 g/mol. The highest BCUT2D eigenvalue weighted by Gasteiger charge is 2.63. The van der Waals surface area contributed by atoms with Gasteiger partial charge in [0.25, 0.3) is 15.7 Å². The van der Waals surface area contributed by atoms with Crippen LogP contribution in [-0.4, -0.2) is 46.2 Å². The molecule has 0 saturated heterocycles. The lowest BCUT2D eigenvalue weighted by atomic mass is 9.47. The van der Waals surface area contributed by atoms with Crippen LogP contribution in [0.4, 0.5) is 5.69 Å². The van der Waals surface area contributed by atoms with Crippen molar-refractivity contribution in [2.75, 3.05) is 6.54 Å². The Labute approximate surface area is 207 Å². The summed E-state index contributed by atoms with van der Waals surface area (Å²) in [5, 5.41) is 22.2. The number of nitro groups is 1. The molecule has 0 radical (unpaired) electrons. The predicted octanol–water partition coefficient (Wildman–Crippen LogP) is 4.62. The summed E-state index contributed by atoms with van der Waals surface area (Å²) >= 11 is 0. The van der Waals surface area contributed by atoms with Crippen LogP contribution in [0, 0.1) is 26.9 Å². The average Bonchev–Trinajstić information content (AvgIpc) is 3.13. The molecule has 0 spiro atoms. The zero-order valence-electron chi connectivity index (χ0n) is 21.2. The second-order valence-corrected chi connectivity index (χ2v) is 13.8. The van der Waals surface area contributed by atoms with Crippen molar-refractivity contribution in [3.8, 4) is 0 Å². The van der Waals surface area contributed by atoms with Crippen molar-refractivity contribution in [3.05, 3.63) is 46.0 Å². The number of fused-ring (bicyclic) bond motifs is 3. The van der Waals surface area contributed by atoms with Crippen molar-refractivity contribution in [1.29, 1.82) is 0 Å². The Morgan fingerprint density at radius 2 is 1.86 bits per heavy atom. The predicted molar refractivity (Wildman–Crippen MR) is 132 cm³/mol. The van der Waals surface area contributed by atoms with E-state index < -0.39 is 37.6 Å². The maximum absolute atomic E-state index is 14.1. The molecule has 1 aliphatic heterocycles. The third-order valence-electron chi connectivity index (χ3n) is 8.90. The van der Waals surface area contributed by atoms with Gasteiger partial charge in [0, 0.05) is 19.0 Å². The first-order valence-electron chi connectivity index (χ1n) is 12.3. The summed E-state index contributed by atoms with van der Waals surface area (Å²) in [7, 11) is -4.32. The zero-order chi connectivity index (χ0) is 26.0. The van der Waals surface area contributed by atoms with Crippen molar-refractivity contribution < 1.29 is 23.2 Å². The van der Waals surface area contributed by atoms with Gasteiger partial charge >= 0.3 is 0 Å². The molecule has 2 fully saturated rings. The Kier molecular flexibility index (Phi) is 6.10. The topological polar surface area (TPSA) is 118 Å². The van der Waals surface area contributed by atoms with Gasteiger partial charge in [-0.15, -0.1) is 0 Å². The molecular weight excluding hydrogens is 468 g/mol. The highest BCUT2D eigenvalue weighted by Crippen LogP contribution is 2.65. The summed E-state index contributed by atoms with van der Waals surface area (Å²) in [4.78, 5) is 23.9. The molecule has 0 amide bonds. The van der Waals surface area contributed by atoms with Gasteiger partial charge in [-0.3, -0.25) is 14.9 Å². The molecule has 0 bridgehead atoms. The quantitative estimate of drug-likeness (QED) is 0.343. The number of nitrogens with zero attached hydrogens (tertiary/aromatic N) is 2. The Bertz CT molecular complexity index is 1200. The van der Waals surface area contributed by atoms with Gasteiger partial charge in [0.15, 0.2) is 10.7 Å². The third kappa shape index (κ3) is 3.96. The minimum atomic E-state index is -4.32. The molecule has 1 heterocycles. The van der Waals surface area contributed by atoms with Crippen molar-refractivity contribution in [2.45, 2.75) is 89.2 Å². The van der Waals surface area contributed by atoms with Gasteiger partial charge in [-0.2, -0.15) is 4.31 Å². The zero-order valence-corrected chi connectivity index (χ0v) is 22.0. The van der Waals surface area contributed by atoms with Crippen LogP contribution in [0.3, 0.4) is 0 Å². The Balaban J connectivity index is 1.88. The van der Waals surface area contributed by atoms with E-state index in [0.29, 0.717) is 12.3 Å². The molecule has 8 nitrogen and oxygen atoms in total. The van der Waals surface area contributed by atoms with Gasteiger partial charge in [-0.25, -0.2) is 8.42 Å². The lowest BCUT2D eigenvalue weighted by Crippen LogP contribution is -2.60. The average molecular weight is 505 g/mol. The molecule has 3 atom stereocenters. The Hall–Kier alpha value is -2.10. The van der Waals surface area contributed by atoms with Gasteiger partial charge in [-0.05, 0) is 67.9 Å². The molecular formula is C26H36N2O6S. The van der Waals surface area contributed by atoms with Gasteiger partial charge in [0.1, 0.15) is 5.60 Å². The van der Waals surface area contributed by atoms with Gasteiger partial charge < -0.3 is 5.11 Å². The summed E-state index contributed by atoms with van der Waals surface area (Å²) in [6.45, 7) is 9.60. The number of sulfonamides is 1. The molecule has 0 unspecified atom stereocenters. The van der Waals surface area contributed by atoms with Crippen LogP contribution in [0.25, 0.3) is 0 Å². The van der Waals surface area contributed by atoms with E-state index in [4.69, 9.17) is 0 Å². The van der Waals surface area contributed by atoms with E-state index in [1.807, 2.05) is 6.08 Å². The number of aliphatic hydroxyl groups is 1. The first-order chi connectivity index (χ1) is 16.1. The standard InChI is InChI=1S/C26H36N2O6S/c1-23(2)13-8-14-25(5)20(23)11-15-26(17-22(29)24(3,4)30)21(25)12-16-27(26)35(33,34)19-10-7-6-9-18(19)28(31)32/h6-7,9-10,12,20,30H,8,11,13-17H2,1-5H3/t20-,25-,26-/m0/s1. The summed E-state index contributed by atoms with van der Waals surface area (Å²) in [6, 6.07) is 5.36. The summed E-state index contributed by atoms with van der Waals surface area (Å²) in [6.07, 6.45) is 5.94. The molecule has 0 aromatic heterocycles. The number of para-hydroxylation sites is 1. The number of hydrogen-bond acceptors (Lipinski definition) is 6. The number of hydrogen-bond donors (Lipinski definition) is 1. The normalized spacial score (nSPS) is 30.8. The highest BCUT2D eigenvalue weighted by atomic mass is 32.2. The molecule has 9 heteroatoms. The number of Topliss-reactive ketones (excluding diaryl/α,β-unsaturated/α-hetero) is 1. The maximum Gasteiger partial charge on any atom is 0.289 e. The molecule has 2 saturated carbocycles. The van der Waals surface area contributed by atoms with Crippen LogP contribution >= 0.6 is 0 Å². The van der Waals surface area contributed by atoms with Crippen molar-refractivity contribution in [2.24, 2.45) is 16.7 Å². The number of carbonyl (C=O) groups excluding carboxylic acids is 1. The maximum atomic E-state index is 14.1. The lowest BCUT2D eigenvalue weighted by molar-refractivity contribution is -0.387. The Morgan fingerprint density at radius 3 is 2.49 bits per heavy atom. The van der Waals surface area contributed by atoms with Crippen molar-refractivity contribution in [1.82, 2.24) is 4.31 Å². The summed E-state index contributed by atoms with van der Waals surface area (Å²) < 4.78 is 29.4. The molecule has 1 N–H and O–H groups in total. The molecule has 4 rings (SSSR count). The SMILES string of the molecule is CC(C)(O)C(=O)C[C@@]12CC[C@H]3C(C)(C)CCC[C@]3(C)C1=CCN2S(=O)(=O)c1ccccc1[N+](=O)[O-]. The second-order valence-electron chi connectivity index (χ2n) is 11.9. The van der Waals surface area contributed by atoms with Crippen molar-refractivity contribution in [3.63, 3.8) is 0 Å². The van der Waals surface area contributed by atoms with Crippen LogP contribution in [0.15, 0.2) is 40.8 Å². The van der Waals surface area contributed by atoms with Gasteiger partial charge in [0.2, 0.25) is 0 Å². The van der Waals surface area contributed by atoms with Gasteiger partial charge in [0.05, 0.1) is 10.5 Å². The molecule has 192 valence electrons. The molecule has 35 heavy (non-hydrogen) atoms. The Morgan fingerprint density at radius 1 is 1.20 bits per heavy atom. The fourth-order valence-corrected chi connectivity index (χ4v) is 9.14. The molecule has 1 aromatic carbocycles. The van der Waals surface area contributed by atoms with E-state index >= 15 is 0 Å². The van der Waals surface area contributed by atoms with Crippen LogP contribution in [0.1, 0.15) is 73.1 Å². The molecule has 3 aliphatic rings. The van der Waals surface area contributed by atoms with E-state index in [2.05, 4.69) is 20.8 Å². The summed E-state index contributed by atoms with van der Waals surface area (Å²) in [5.74, 6) is -0.112. The smallest absolute Gasteiger partial charge is 0.289 e. The number of ketones is 1. The number of rotatable bonds is 6.